The third kappa shape index (κ3) is 14.3. The number of hydrogen-bond donors (Lipinski definition) is 8. The fourth-order valence-corrected chi connectivity index (χ4v) is 16.9. The Bertz CT molecular complexity index is 4360. The number of hydrogen-bond acceptors (Lipinski definition) is 24. The van der Waals surface area contributed by atoms with Crippen LogP contribution in [0.2, 0.25) is 0 Å². The van der Waals surface area contributed by atoms with E-state index in [1.807, 2.05) is 0 Å². The Morgan fingerprint density at radius 2 is 1.35 bits per heavy atom. The summed E-state index contributed by atoms with van der Waals surface area (Å²) in [5.74, 6) is -7.55. The minimum absolute atomic E-state index is 0.00220. The smallest absolute Gasteiger partial charge is 0.341 e. The molecule has 1 aliphatic carbocycles. The average molecular weight is 1380 g/mol. The number of carbonyl (C=O) groups is 8. The van der Waals surface area contributed by atoms with E-state index in [2.05, 4.69) is 25.9 Å². The number of ether oxygens (including phenoxy) is 1. The lowest BCUT2D eigenvalue weighted by molar-refractivity contribution is -0.143. The van der Waals surface area contributed by atoms with Crippen molar-refractivity contribution in [3.8, 4) is 49.1 Å². The summed E-state index contributed by atoms with van der Waals surface area (Å²) >= 11 is 6.92. The largest absolute Gasteiger partial charge is 0.482 e. The molecule has 9 heterocycles. The molecule has 2 aromatic carbocycles. The molecule has 5 amide bonds. The maximum absolute atomic E-state index is 15.3. The Balaban J connectivity index is 0.929. The molecule has 94 heavy (non-hydrogen) atoms. The number of aromatic nitrogens is 7. The van der Waals surface area contributed by atoms with Crippen LogP contribution in [-0.4, -0.2) is 139 Å². The number of fused-ring (bicyclic) bond motifs is 16. The van der Waals surface area contributed by atoms with Gasteiger partial charge in [0, 0.05) is 74.6 Å². The number of ketones is 1. The van der Waals surface area contributed by atoms with Gasteiger partial charge in [-0.1, -0.05) is 49.4 Å². The Hall–Kier alpha value is -8.95. The molecule has 2 fully saturated rings. The van der Waals surface area contributed by atoms with Gasteiger partial charge in [0.05, 0.1) is 47.3 Å². The van der Waals surface area contributed by atoms with Gasteiger partial charge in [0.2, 0.25) is 11.8 Å². The predicted molar refractivity (Wildman–Crippen MR) is 350 cm³/mol. The van der Waals surface area contributed by atoms with E-state index < -0.39 is 108 Å². The molecule has 0 radical (unpaired) electrons. The summed E-state index contributed by atoms with van der Waals surface area (Å²) in [7, 11) is 0. The van der Waals surface area contributed by atoms with Gasteiger partial charge in [0.1, 0.15) is 76.7 Å². The van der Waals surface area contributed by atoms with Crippen molar-refractivity contribution >= 4 is 115 Å². The van der Waals surface area contributed by atoms with Crippen LogP contribution in [0.1, 0.15) is 143 Å². The molecule has 12 rings (SSSR count). The van der Waals surface area contributed by atoms with Gasteiger partial charge in [-0.15, -0.1) is 68.0 Å². The van der Waals surface area contributed by atoms with Gasteiger partial charge < -0.3 is 51.7 Å². The van der Waals surface area contributed by atoms with E-state index >= 15 is 4.79 Å². The van der Waals surface area contributed by atoms with Crippen molar-refractivity contribution < 1.29 is 63.5 Å². The lowest BCUT2D eigenvalue weighted by Gasteiger charge is -2.29. The highest BCUT2D eigenvalue weighted by Crippen LogP contribution is 2.44. The Labute approximate surface area is 559 Å². The van der Waals surface area contributed by atoms with Crippen LogP contribution in [0.5, 0.6) is 5.75 Å². The first-order valence-electron chi connectivity index (χ1n) is 29.6. The van der Waals surface area contributed by atoms with E-state index in [1.54, 1.807) is 96.7 Å². The summed E-state index contributed by atoms with van der Waals surface area (Å²) in [4.78, 5) is 144. The molecule has 1 saturated heterocycles. The van der Waals surface area contributed by atoms with Crippen molar-refractivity contribution in [3.63, 3.8) is 0 Å². The van der Waals surface area contributed by atoms with E-state index in [9.17, 15) is 54.0 Å². The fraction of sp³-hybridized carbons (Fsp3) is 0.317. The average Bonchev–Trinajstić information content (AvgIpc) is 1.63. The van der Waals surface area contributed by atoms with Gasteiger partial charge in [-0.05, 0) is 68.0 Å². The van der Waals surface area contributed by atoms with Crippen LogP contribution < -0.4 is 26.4 Å². The van der Waals surface area contributed by atoms with Crippen LogP contribution in [-0.2, 0) is 25.6 Å². The molecule has 31 heteroatoms. The molecule has 9 N–H and O–H groups in total. The minimum Gasteiger partial charge on any atom is -0.482 e. The first-order chi connectivity index (χ1) is 45.2. The molecule has 0 unspecified atom stereocenters. The lowest BCUT2D eigenvalue weighted by atomic mass is 9.86. The summed E-state index contributed by atoms with van der Waals surface area (Å²) in [5.41, 5.74) is 8.78. The van der Waals surface area contributed by atoms with Crippen molar-refractivity contribution in [3.05, 3.63) is 147 Å². The lowest BCUT2D eigenvalue weighted by Crippen LogP contribution is -2.50. The number of carbonyl (C=O) groups excluding carboxylic acids is 6. The van der Waals surface area contributed by atoms with Crippen molar-refractivity contribution in [1.29, 1.82) is 0 Å². The van der Waals surface area contributed by atoms with E-state index in [-0.39, 0.29) is 64.0 Å². The molecule has 25 nitrogen and oxygen atoms in total. The maximum Gasteiger partial charge on any atom is 0.341 e. The van der Waals surface area contributed by atoms with Crippen molar-refractivity contribution in [2.75, 3.05) is 13.2 Å². The quantitative estimate of drug-likeness (QED) is 0.0537. The standard InChI is InChI=1S/C63H58N12O13S6/c1-28-46(77)21-75-51(28)61-73-44(27-93-61)59-69-40(23-91-59)50-35(16-17-37(66-50)58-72-41(26-92-58)53(82)65-33-12-10-32(11-13-33)63(86)87)56-70-42(24-89-56)54(83)67-38(20-47(64)78)60-74-49(29(2)94-60)45(76)19-36(52(81)31-6-4-3-5-7-31)57-71-43(25-90-57)55(84)68-39(62(75)85)18-30-8-14-34(15-9-30)88-22-48(79)80/h3-9,14-17,23-28,32-33,36,38-39,46,51-52,77,81H,10-13,18-22H2,1-2H3,(H2,64,78)(H,65,82)(H,67,83)(H,68,84)(H,79,80)(H,86,87)/t28-,32?,33?,36-,38-,39-,46-,51-,52+/m0/s1. The third-order valence-electron chi connectivity index (χ3n) is 16.5. The Kier molecular flexibility index (Phi) is 19.4. The second kappa shape index (κ2) is 27.9. The van der Waals surface area contributed by atoms with Crippen LogP contribution in [0, 0.1) is 18.8 Å². The van der Waals surface area contributed by atoms with Gasteiger partial charge in [0.15, 0.2) is 12.4 Å². The van der Waals surface area contributed by atoms with Crippen LogP contribution in [0.3, 0.4) is 0 Å². The zero-order valence-corrected chi connectivity index (χ0v) is 54.8. The molecule has 0 spiro atoms. The van der Waals surface area contributed by atoms with E-state index in [0.717, 1.165) is 34.0 Å². The number of carboxylic acids is 2. The number of pyridine rings is 1. The van der Waals surface area contributed by atoms with Crippen molar-refractivity contribution in [2.24, 2.45) is 17.6 Å². The number of carboxylic acid groups (broad SMARTS) is 2. The summed E-state index contributed by atoms with van der Waals surface area (Å²) in [6, 6.07) is 15.0. The molecule has 484 valence electrons. The van der Waals surface area contributed by atoms with Gasteiger partial charge >= 0.3 is 11.9 Å². The Morgan fingerprint density at radius 1 is 0.702 bits per heavy atom. The highest BCUT2D eigenvalue weighted by atomic mass is 32.1. The topological polar surface area (TPSA) is 382 Å². The number of nitrogens with two attached hydrogens (primary N) is 1. The Morgan fingerprint density at radius 3 is 2.09 bits per heavy atom. The number of nitrogens with zero attached hydrogens (tertiary/aromatic N) is 8. The number of amides is 5. The first kappa shape index (κ1) is 65.1. The second-order valence-electron chi connectivity index (χ2n) is 22.9. The van der Waals surface area contributed by atoms with E-state index in [0.29, 0.717) is 90.1 Å². The molecular weight excluding hydrogens is 1330 g/mol. The second-order valence-corrected chi connectivity index (χ2v) is 28.5. The minimum atomic E-state index is -1.33. The number of aliphatic hydroxyl groups excluding tert-OH is 2. The van der Waals surface area contributed by atoms with Crippen molar-refractivity contribution in [1.82, 2.24) is 55.7 Å². The number of aliphatic carboxylic acids is 2. The zero-order chi connectivity index (χ0) is 66.1. The van der Waals surface area contributed by atoms with Crippen LogP contribution in [0.15, 0.2) is 93.6 Å². The molecule has 1 saturated carbocycles. The molecule has 9 aromatic rings. The summed E-state index contributed by atoms with van der Waals surface area (Å²) in [6.45, 7) is 2.75. The zero-order valence-electron chi connectivity index (χ0n) is 49.9. The summed E-state index contributed by atoms with van der Waals surface area (Å²) < 4.78 is 5.36. The maximum atomic E-state index is 15.3. The monoisotopic (exact) mass is 1380 g/mol. The van der Waals surface area contributed by atoms with Gasteiger partial charge in [-0.3, -0.25) is 33.6 Å². The number of aryl methyl sites for hydroxylation is 1. The van der Waals surface area contributed by atoms with Crippen LogP contribution in [0.4, 0.5) is 0 Å². The van der Waals surface area contributed by atoms with E-state index in [4.69, 9.17) is 35.4 Å². The molecule has 2 aliphatic heterocycles. The first-order valence-corrected chi connectivity index (χ1v) is 34.8. The van der Waals surface area contributed by atoms with Gasteiger partial charge in [-0.25, -0.2) is 39.7 Å². The number of thiazole rings is 6. The highest BCUT2D eigenvalue weighted by Gasteiger charge is 2.46. The normalized spacial score (nSPS) is 21.3. The highest BCUT2D eigenvalue weighted by molar-refractivity contribution is 7.15. The predicted octanol–water partition coefficient (Wildman–Crippen LogP) is 8.31. The number of rotatable bonds is 13. The molecule has 10 bridgehead atoms. The fourth-order valence-electron chi connectivity index (χ4n) is 11.5. The number of aliphatic hydroxyl groups is 2. The number of benzene rings is 2. The SMILES string of the molecule is Cc1sc2nc1C(=O)C[C@@H]([C@H](O)c1ccccc1)c1nc(cs1)C(=O)N[C@@H](Cc1ccc(OCC(=O)O)cc1)C(=O)N1C[C@H](O)[C@H](C)[C@H]1c1nc(cs1)-c1nc(cs1)-c1nc(-c3nc(C(=O)NC4CCC(C(=O)O)CC4)cs3)ccc1-c1nc(cs1)C(=O)N[C@H]2CC(N)=O. The van der Waals surface area contributed by atoms with Gasteiger partial charge in [-0.2, -0.15) is 0 Å². The molecule has 7 aromatic heterocycles. The van der Waals surface area contributed by atoms with Crippen molar-refractivity contribution in [2.45, 2.75) is 101 Å². The van der Waals surface area contributed by atoms with Gasteiger partial charge in [0.25, 0.3) is 17.7 Å². The summed E-state index contributed by atoms with van der Waals surface area (Å²) in [5, 5.41) is 61.4. The summed E-state index contributed by atoms with van der Waals surface area (Å²) in [6.07, 6.45) is -1.27. The number of Topliss-reactive ketones (excluding diaryl/α,β-unsaturated/α-hetero) is 1. The number of nitrogens with one attached hydrogen (secondary N) is 3. The number of primary amides is 1. The van der Waals surface area contributed by atoms with E-state index in [1.165, 1.54) is 49.7 Å². The molecular formula is C63H58N12O13S6. The molecule has 7 atom stereocenters. The molecule has 3 aliphatic rings. The van der Waals surface area contributed by atoms with Crippen LogP contribution >= 0.6 is 68.0 Å². The van der Waals surface area contributed by atoms with Crippen LogP contribution in [0.25, 0.3) is 43.4 Å². The third-order valence-corrected chi connectivity index (χ3v) is 22.1.